The Labute approximate surface area is 140 Å². The SMILES string of the molecule is CCCOc1ccc(C(C)C)cc1C(=O)CN1CCN(C)CC1. The van der Waals surface area contributed by atoms with E-state index in [1.807, 2.05) is 12.1 Å². The first-order chi connectivity index (χ1) is 11.0. The summed E-state index contributed by atoms with van der Waals surface area (Å²) in [5, 5.41) is 0. The smallest absolute Gasteiger partial charge is 0.180 e. The molecule has 0 bridgehead atoms. The Morgan fingerprint density at radius 2 is 1.91 bits per heavy atom. The van der Waals surface area contributed by atoms with Gasteiger partial charge in [-0.05, 0) is 37.1 Å². The number of rotatable bonds is 7. The van der Waals surface area contributed by atoms with E-state index < -0.39 is 0 Å². The minimum atomic E-state index is 0.170. The summed E-state index contributed by atoms with van der Waals surface area (Å²) in [6.07, 6.45) is 0.942. The Kier molecular flexibility index (Phi) is 6.60. The molecular weight excluding hydrogens is 288 g/mol. The highest BCUT2D eigenvalue weighted by Gasteiger charge is 2.20. The number of carbonyl (C=O) groups is 1. The van der Waals surface area contributed by atoms with Crippen LogP contribution in [-0.2, 0) is 0 Å². The second-order valence-corrected chi connectivity index (χ2v) is 6.76. The number of nitrogens with zero attached hydrogens (tertiary/aromatic N) is 2. The minimum absolute atomic E-state index is 0.170. The number of benzene rings is 1. The lowest BCUT2D eigenvalue weighted by Crippen LogP contribution is -2.46. The topological polar surface area (TPSA) is 32.8 Å². The number of piperazine rings is 1. The molecule has 0 unspecified atom stereocenters. The van der Waals surface area contributed by atoms with Crippen LogP contribution < -0.4 is 4.74 Å². The van der Waals surface area contributed by atoms with Crippen molar-refractivity contribution in [1.82, 2.24) is 9.80 Å². The largest absolute Gasteiger partial charge is 0.493 e. The summed E-state index contributed by atoms with van der Waals surface area (Å²) in [5.74, 6) is 1.31. The maximum Gasteiger partial charge on any atom is 0.180 e. The highest BCUT2D eigenvalue weighted by molar-refractivity contribution is 6.00. The molecule has 0 saturated carbocycles. The number of likely N-dealkylation sites (N-methyl/N-ethyl adjacent to an activating group) is 1. The molecule has 4 nitrogen and oxygen atoms in total. The van der Waals surface area contributed by atoms with Crippen LogP contribution in [0.25, 0.3) is 0 Å². The summed E-state index contributed by atoms with van der Waals surface area (Å²) in [6.45, 7) is 11.5. The Balaban J connectivity index is 2.13. The zero-order valence-electron chi connectivity index (χ0n) is 15.0. The van der Waals surface area contributed by atoms with Crippen LogP contribution in [0.2, 0.25) is 0 Å². The molecule has 23 heavy (non-hydrogen) atoms. The van der Waals surface area contributed by atoms with Gasteiger partial charge >= 0.3 is 0 Å². The summed E-state index contributed by atoms with van der Waals surface area (Å²) in [7, 11) is 2.13. The molecular formula is C19H30N2O2. The Morgan fingerprint density at radius 1 is 1.22 bits per heavy atom. The molecule has 0 N–H and O–H groups in total. The average Bonchev–Trinajstić information content (AvgIpc) is 2.54. The number of Topliss-reactive ketones (excluding diaryl/α,β-unsaturated/α-hetero) is 1. The van der Waals surface area contributed by atoms with Crippen molar-refractivity contribution >= 4 is 5.78 Å². The Morgan fingerprint density at radius 3 is 2.52 bits per heavy atom. The first-order valence-electron chi connectivity index (χ1n) is 8.72. The van der Waals surface area contributed by atoms with E-state index in [1.165, 1.54) is 5.56 Å². The summed E-state index contributed by atoms with van der Waals surface area (Å²) in [6, 6.07) is 6.05. The number of hydrogen-bond donors (Lipinski definition) is 0. The van der Waals surface area contributed by atoms with E-state index in [0.29, 0.717) is 19.1 Å². The Hall–Kier alpha value is -1.39. The van der Waals surface area contributed by atoms with Gasteiger partial charge in [0, 0.05) is 26.2 Å². The molecule has 1 heterocycles. The molecule has 0 aromatic heterocycles. The van der Waals surface area contributed by atoms with Crippen LogP contribution in [-0.4, -0.2) is 62.0 Å². The van der Waals surface area contributed by atoms with Crippen molar-refractivity contribution in [2.75, 3.05) is 46.4 Å². The Bertz CT molecular complexity index is 520. The van der Waals surface area contributed by atoms with Crippen LogP contribution in [0, 0.1) is 0 Å². The molecule has 0 amide bonds. The van der Waals surface area contributed by atoms with Crippen LogP contribution in [0.3, 0.4) is 0 Å². The molecule has 2 rings (SSSR count). The van der Waals surface area contributed by atoms with Crippen LogP contribution in [0.4, 0.5) is 0 Å². The van der Waals surface area contributed by atoms with Gasteiger partial charge in [-0.25, -0.2) is 0 Å². The van der Waals surface area contributed by atoms with Gasteiger partial charge in [0.1, 0.15) is 5.75 Å². The molecule has 0 radical (unpaired) electrons. The summed E-state index contributed by atoms with van der Waals surface area (Å²) < 4.78 is 5.80. The van der Waals surface area contributed by atoms with E-state index >= 15 is 0 Å². The van der Waals surface area contributed by atoms with E-state index in [0.717, 1.165) is 43.9 Å². The standard InChI is InChI=1S/C19H30N2O2/c1-5-12-23-19-7-6-16(15(2)3)13-17(19)18(22)14-21-10-8-20(4)9-11-21/h6-7,13,15H,5,8-12,14H2,1-4H3. The third kappa shape index (κ3) is 5.05. The monoisotopic (exact) mass is 318 g/mol. The highest BCUT2D eigenvalue weighted by Crippen LogP contribution is 2.25. The van der Waals surface area contributed by atoms with Gasteiger partial charge in [0.25, 0.3) is 0 Å². The second kappa shape index (κ2) is 8.46. The molecule has 1 saturated heterocycles. The van der Waals surface area contributed by atoms with Crippen LogP contribution in [0.5, 0.6) is 5.75 Å². The predicted octanol–water partition coefficient (Wildman–Crippen LogP) is 3.03. The molecule has 1 aromatic rings. The van der Waals surface area contributed by atoms with Crippen LogP contribution in [0.1, 0.15) is 49.0 Å². The molecule has 0 atom stereocenters. The normalized spacial score (nSPS) is 16.7. The molecule has 0 spiro atoms. The van der Waals surface area contributed by atoms with Gasteiger partial charge in [-0.2, -0.15) is 0 Å². The lowest BCUT2D eigenvalue weighted by Gasteiger charge is -2.31. The van der Waals surface area contributed by atoms with E-state index in [2.05, 4.69) is 43.7 Å². The summed E-state index contributed by atoms with van der Waals surface area (Å²) >= 11 is 0. The van der Waals surface area contributed by atoms with Crippen LogP contribution in [0.15, 0.2) is 18.2 Å². The van der Waals surface area contributed by atoms with Crippen molar-refractivity contribution in [3.8, 4) is 5.75 Å². The number of hydrogen-bond acceptors (Lipinski definition) is 4. The van der Waals surface area contributed by atoms with Gasteiger partial charge in [-0.3, -0.25) is 9.69 Å². The minimum Gasteiger partial charge on any atom is -0.493 e. The van der Waals surface area contributed by atoms with E-state index in [4.69, 9.17) is 4.74 Å². The lowest BCUT2D eigenvalue weighted by atomic mass is 9.98. The molecule has 1 aliphatic heterocycles. The first kappa shape index (κ1) is 18.0. The third-order valence-electron chi connectivity index (χ3n) is 4.40. The van der Waals surface area contributed by atoms with Crippen LogP contribution >= 0.6 is 0 Å². The van der Waals surface area contributed by atoms with Crippen molar-refractivity contribution < 1.29 is 9.53 Å². The lowest BCUT2D eigenvalue weighted by molar-refractivity contribution is 0.0872. The average molecular weight is 318 g/mol. The van der Waals surface area contributed by atoms with E-state index in [9.17, 15) is 4.79 Å². The fourth-order valence-corrected chi connectivity index (χ4v) is 2.76. The fourth-order valence-electron chi connectivity index (χ4n) is 2.76. The van der Waals surface area contributed by atoms with Gasteiger partial charge in [0.2, 0.25) is 0 Å². The van der Waals surface area contributed by atoms with Gasteiger partial charge in [-0.1, -0.05) is 26.8 Å². The van der Waals surface area contributed by atoms with E-state index in [-0.39, 0.29) is 5.78 Å². The maximum absolute atomic E-state index is 12.8. The third-order valence-corrected chi connectivity index (χ3v) is 4.40. The maximum atomic E-state index is 12.8. The van der Waals surface area contributed by atoms with Crippen molar-refractivity contribution in [3.05, 3.63) is 29.3 Å². The highest BCUT2D eigenvalue weighted by atomic mass is 16.5. The first-order valence-corrected chi connectivity index (χ1v) is 8.72. The zero-order chi connectivity index (χ0) is 16.8. The quantitative estimate of drug-likeness (QED) is 0.724. The number of ketones is 1. The summed E-state index contributed by atoms with van der Waals surface area (Å²) in [4.78, 5) is 17.4. The molecule has 1 fully saturated rings. The predicted molar refractivity (Wildman–Crippen MR) is 94.6 cm³/mol. The van der Waals surface area contributed by atoms with Gasteiger partial charge < -0.3 is 9.64 Å². The molecule has 1 aliphatic rings. The molecule has 128 valence electrons. The number of ether oxygens (including phenoxy) is 1. The fraction of sp³-hybridized carbons (Fsp3) is 0.632. The van der Waals surface area contributed by atoms with Crippen molar-refractivity contribution in [2.24, 2.45) is 0 Å². The van der Waals surface area contributed by atoms with Crippen molar-refractivity contribution in [3.63, 3.8) is 0 Å². The second-order valence-electron chi connectivity index (χ2n) is 6.76. The van der Waals surface area contributed by atoms with Gasteiger partial charge in [-0.15, -0.1) is 0 Å². The van der Waals surface area contributed by atoms with Gasteiger partial charge in [0.15, 0.2) is 5.78 Å². The summed E-state index contributed by atoms with van der Waals surface area (Å²) in [5.41, 5.74) is 1.93. The molecule has 1 aromatic carbocycles. The van der Waals surface area contributed by atoms with Crippen molar-refractivity contribution in [1.29, 1.82) is 0 Å². The zero-order valence-corrected chi connectivity index (χ0v) is 15.0. The number of carbonyl (C=O) groups excluding carboxylic acids is 1. The molecule has 0 aliphatic carbocycles. The van der Waals surface area contributed by atoms with E-state index in [1.54, 1.807) is 0 Å². The van der Waals surface area contributed by atoms with Gasteiger partial charge in [0.05, 0.1) is 18.7 Å². The van der Waals surface area contributed by atoms with Crippen molar-refractivity contribution in [2.45, 2.75) is 33.1 Å². The molecule has 4 heteroatoms.